The van der Waals surface area contributed by atoms with Crippen molar-refractivity contribution in [3.63, 3.8) is 0 Å². The quantitative estimate of drug-likeness (QED) is 0.615. The molecule has 0 bridgehead atoms. The molecule has 0 aliphatic rings. The highest BCUT2D eigenvalue weighted by Crippen LogP contribution is 2.28. The van der Waals surface area contributed by atoms with Gasteiger partial charge < -0.3 is 9.32 Å². The van der Waals surface area contributed by atoms with E-state index in [9.17, 15) is 4.79 Å². The predicted octanol–water partition coefficient (Wildman–Crippen LogP) is 4.51. The molecule has 0 radical (unpaired) electrons. The number of allylic oxidation sites excluding steroid dienone is 1. The first kappa shape index (κ1) is 14.7. The van der Waals surface area contributed by atoms with Gasteiger partial charge in [0.15, 0.2) is 5.76 Å². The van der Waals surface area contributed by atoms with Gasteiger partial charge in [-0.25, -0.2) is 0 Å². The first-order valence-corrected chi connectivity index (χ1v) is 6.66. The molecule has 0 fully saturated rings. The van der Waals surface area contributed by atoms with E-state index in [1.54, 1.807) is 41.4 Å². The summed E-state index contributed by atoms with van der Waals surface area (Å²) < 4.78 is 5.54. The largest absolute Gasteiger partial charge is 0.453 e. The van der Waals surface area contributed by atoms with E-state index < -0.39 is 0 Å². The van der Waals surface area contributed by atoms with E-state index in [1.807, 2.05) is 14.1 Å². The molecule has 5 heteroatoms. The number of carbonyl (C=O) groups excluding carboxylic acids is 1. The Hall–Kier alpha value is -1.71. The minimum atomic E-state index is -0.196. The summed E-state index contributed by atoms with van der Waals surface area (Å²) in [5, 5.41) is 1.04. The first-order chi connectivity index (χ1) is 9.45. The molecule has 0 saturated heterocycles. The molecular weight excluding hydrogens is 297 g/mol. The van der Waals surface area contributed by atoms with Gasteiger partial charge in [0.25, 0.3) is 0 Å². The fourth-order valence-corrected chi connectivity index (χ4v) is 2.15. The zero-order valence-electron chi connectivity index (χ0n) is 11.1. The fourth-order valence-electron chi connectivity index (χ4n) is 1.62. The van der Waals surface area contributed by atoms with Gasteiger partial charge in [-0.2, -0.15) is 0 Å². The van der Waals surface area contributed by atoms with Gasteiger partial charge in [0.2, 0.25) is 5.78 Å². The zero-order valence-corrected chi connectivity index (χ0v) is 12.6. The fraction of sp³-hybridized carbons (Fsp3) is 0.133. The number of furan rings is 1. The average molecular weight is 310 g/mol. The lowest BCUT2D eigenvalue weighted by Crippen LogP contribution is -2.02. The molecule has 3 nitrogen and oxygen atoms in total. The van der Waals surface area contributed by atoms with Crippen LogP contribution in [-0.4, -0.2) is 24.8 Å². The molecule has 20 heavy (non-hydrogen) atoms. The molecule has 1 aromatic carbocycles. The summed E-state index contributed by atoms with van der Waals surface area (Å²) in [5.41, 5.74) is 0.734. The number of nitrogens with zero attached hydrogens (tertiary/aromatic N) is 1. The lowest BCUT2D eigenvalue weighted by molar-refractivity contribution is 0.102. The van der Waals surface area contributed by atoms with Crippen molar-refractivity contribution in [3.05, 3.63) is 58.4 Å². The third kappa shape index (κ3) is 3.65. The lowest BCUT2D eigenvalue weighted by atomic mass is 10.2. The van der Waals surface area contributed by atoms with Crippen molar-refractivity contribution in [2.75, 3.05) is 14.1 Å². The molecule has 1 aromatic heterocycles. The number of ketones is 1. The number of hydrogen-bond acceptors (Lipinski definition) is 3. The normalized spacial score (nSPS) is 11.0. The second-order valence-corrected chi connectivity index (χ2v) is 5.34. The first-order valence-electron chi connectivity index (χ1n) is 5.91. The van der Waals surface area contributed by atoms with Gasteiger partial charge in [-0.05, 0) is 30.3 Å². The van der Waals surface area contributed by atoms with E-state index in [2.05, 4.69) is 0 Å². The molecule has 0 N–H and O–H groups in total. The monoisotopic (exact) mass is 309 g/mol. The van der Waals surface area contributed by atoms with Crippen LogP contribution in [0.15, 0.2) is 47.0 Å². The molecular formula is C15H13Cl2NO2. The van der Waals surface area contributed by atoms with E-state index in [0.29, 0.717) is 15.8 Å². The third-order valence-corrected chi connectivity index (χ3v) is 2.96. The molecule has 0 unspecified atom stereocenters. The Kier molecular flexibility index (Phi) is 4.53. The van der Waals surface area contributed by atoms with Gasteiger partial charge in [0.1, 0.15) is 5.76 Å². The molecule has 0 spiro atoms. The predicted molar refractivity (Wildman–Crippen MR) is 81.3 cm³/mol. The van der Waals surface area contributed by atoms with Gasteiger partial charge in [-0.3, -0.25) is 4.79 Å². The molecule has 2 rings (SSSR count). The van der Waals surface area contributed by atoms with E-state index in [1.165, 1.54) is 6.08 Å². The Morgan fingerprint density at radius 2 is 1.80 bits per heavy atom. The van der Waals surface area contributed by atoms with Crippen molar-refractivity contribution in [2.24, 2.45) is 0 Å². The summed E-state index contributed by atoms with van der Waals surface area (Å²) in [7, 11) is 3.68. The van der Waals surface area contributed by atoms with Crippen molar-refractivity contribution in [1.82, 2.24) is 4.90 Å². The molecule has 104 valence electrons. The summed E-state index contributed by atoms with van der Waals surface area (Å²) >= 11 is 11.9. The Morgan fingerprint density at radius 1 is 1.15 bits per heavy atom. The lowest BCUT2D eigenvalue weighted by Gasteiger charge is -2.02. The minimum absolute atomic E-state index is 0.196. The Labute approximate surface area is 127 Å². The summed E-state index contributed by atoms with van der Waals surface area (Å²) in [6, 6.07) is 8.46. The van der Waals surface area contributed by atoms with Gasteiger partial charge in [0, 0.05) is 42.0 Å². The molecule has 0 amide bonds. The maximum atomic E-state index is 11.9. The topological polar surface area (TPSA) is 33.5 Å². The Balaban J connectivity index is 2.26. The number of rotatable bonds is 4. The van der Waals surface area contributed by atoms with Gasteiger partial charge >= 0.3 is 0 Å². The third-order valence-electron chi connectivity index (χ3n) is 2.52. The highest BCUT2D eigenvalue weighted by atomic mass is 35.5. The molecule has 2 aromatic rings. The van der Waals surface area contributed by atoms with Crippen molar-refractivity contribution < 1.29 is 9.21 Å². The van der Waals surface area contributed by atoms with Crippen molar-refractivity contribution in [1.29, 1.82) is 0 Å². The van der Waals surface area contributed by atoms with Crippen LogP contribution in [0.4, 0.5) is 0 Å². The van der Waals surface area contributed by atoms with E-state index in [0.717, 1.165) is 5.56 Å². The summed E-state index contributed by atoms with van der Waals surface area (Å²) in [6.07, 6.45) is 3.12. The molecule has 0 atom stereocenters. The van der Waals surface area contributed by atoms with Gasteiger partial charge in [-0.1, -0.05) is 23.2 Å². The Morgan fingerprint density at radius 3 is 2.40 bits per heavy atom. The van der Waals surface area contributed by atoms with Crippen molar-refractivity contribution in [2.45, 2.75) is 0 Å². The van der Waals surface area contributed by atoms with Crippen LogP contribution >= 0.6 is 23.2 Å². The Bertz CT molecular complexity index is 639. The summed E-state index contributed by atoms with van der Waals surface area (Å²) in [6.45, 7) is 0. The van der Waals surface area contributed by atoms with Crippen LogP contribution in [0.1, 0.15) is 10.6 Å². The second-order valence-electron chi connectivity index (χ2n) is 4.47. The zero-order chi connectivity index (χ0) is 14.7. The van der Waals surface area contributed by atoms with Crippen LogP contribution in [0.3, 0.4) is 0 Å². The van der Waals surface area contributed by atoms with E-state index >= 15 is 0 Å². The van der Waals surface area contributed by atoms with Crippen LogP contribution in [0.25, 0.3) is 11.3 Å². The minimum Gasteiger partial charge on any atom is -0.453 e. The average Bonchev–Trinajstić information content (AvgIpc) is 2.84. The van der Waals surface area contributed by atoms with Gasteiger partial charge in [-0.15, -0.1) is 0 Å². The van der Waals surface area contributed by atoms with E-state index in [4.69, 9.17) is 27.6 Å². The number of hydrogen-bond donors (Lipinski definition) is 0. The van der Waals surface area contributed by atoms with Crippen molar-refractivity contribution >= 4 is 29.0 Å². The summed E-state index contributed by atoms with van der Waals surface area (Å²) in [4.78, 5) is 13.6. The van der Waals surface area contributed by atoms with Crippen LogP contribution in [0.5, 0.6) is 0 Å². The van der Waals surface area contributed by atoms with Crippen LogP contribution in [-0.2, 0) is 0 Å². The second kappa shape index (κ2) is 6.16. The van der Waals surface area contributed by atoms with Crippen molar-refractivity contribution in [3.8, 4) is 11.3 Å². The van der Waals surface area contributed by atoms with E-state index in [-0.39, 0.29) is 11.5 Å². The summed E-state index contributed by atoms with van der Waals surface area (Å²) in [5.74, 6) is 0.628. The number of carbonyl (C=O) groups is 1. The smallest absolute Gasteiger partial charge is 0.222 e. The maximum Gasteiger partial charge on any atom is 0.222 e. The number of halogens is 2. The molecule has 0 aliphatic heterocycles. The molecule has 1 heterocycles. The van der Waals surface area contributed by atoms with Crippen LogP contribution in [0, 0.1) is 0 Å². The highest BCUT2D eigenvalue weighted by Gasteiger charge is 2.11. The number of benzene rings is 1. The highest BCUT2D eigenvalue weighted by molar-refractivity contribution is 6.35. The molecule has 0 aliphatic carbocycles. The SMILES string of the molecule is CN(C)C=CC(=O)c1ccc(-c2cc(Cl)cc(Cl)c2)o1. The van der Waals surface area contributed by atoms with Gasteiger partial charge in [0.05, 0.1) is 0 Å². The van der Waals surface area contributed by atoms with Crippen LogP contribution in [0.2, 0.25) is 10.0 Å². The standard InChI is InChI=1S/C15H13Cl2NO2/c1-18(2)6-5-13(19)15-4-3-14(20-15)10-7-11(16)9-12(17)8-10/h3-9H,1-2H3. The maximum absolute atomic E-state index is 11.9. The molecule has 0 saturated carbocycles. The van der Waals surface area contributed by atoms with Crippen LogP contribution < -0.4 is 0 Å².